The smallest absolute Gasteiger partial charge is 0.432 e. The summed E-state index contributed by atoms with van der Waals surface area (Å²) in [6.07, 6.45) is -17.0. The molecule has 4 rings (SSSR count). The molecule has 0 N–H and O–H groups in total. The van der Waals surface area contributed by atoms with Crippen LogP contribution in [0.5, 0.6) is 0 Å². The number of hydrogen-bond acceptors (Lipinski definition) is 9. The molecule has 0 saturated carbocycles. The molecule has 15 heteroatoms. The SMILES string of the molecule is CO[C@](C(=O)O[C@H]1[C@H]2OC(C)(C)OC[C@@H]2OC[C@H]1OC(=O)[C@@](OC)(c1ccccc1)C(F)(F)F)(c1ccccc1)C(F)(F)F. The summed E-state index contributed by atoms with van der Waals surface area (Å²) in [5.74, 6) is -5.35. The van der Waals surface area contributed by atoms with Crippen molar-refractivity contribution >= 4 is 11.9 Å². The molecule has 6 atom stereocenters. The molecule has 2 heterocycles. The number of carbonyl (C=O) groups is 2. The van der Waals surface area contributed by atoms with Gasteiger partial charge in [0, 0.05) is 25.3 Å². The molecule has 9 nitrogen and oxygen atoms in total. The summed E-state index contributed by atoms with van der Waals surface area (Å²) < 4.78 is 125. The second kappa shape index (κ2) is 12.3. The molecule has 2 aromatic rings. The Morgan fingerprint density at radius 2 is 1.20 bits per heavy atom. The molecule has 2 fully saturated rings. The van der Waals surface area contributed by atoms with E-state index in [0.717, 1.165) is 24.3 Å². The summed E-state index contributed by atoms with van der Waals surface area (Å²) in [6, 6.07) is 11.8. The van der Waals surface area contributed by atoms with Gasteiger partial charge in [0.25, 0.3) is 11.2 Å². The van der Waals surface area contributed by atoms with Crippen molar-refractivity contribution < 1.29 is 69.1 Å². The summed E-state index contributed by atoms with van der Waals surface area (Å²) in [7, 11) is 1.29. The maximum atomic E-state index is 14.6. The molecule has 242 valence electrons. The maximum Gasteiger partial charge on any atom is 0.432 e. The quantitative estimate of drug-likeness (QED) is 0.305. The van der Waals surface area contributed by atoms with Crippen LogP contribution in [0.15, 0.2) is 60.7 Å². The van der Waals surface area contributed by atoms with E-state index in [4.69, 9.17) is 33.2 Å². The van der Waals surface area contributed by atoms with Gasteiger partial charge in [0.05, 0.1) is 13.2 Å². The van der Waals surface area contributed by atoms with Crippen LogP contribution in [0.2, 0.25) is 0 Å². The third-order valence-corrected chi connectivity index (χ3v) is 7.39. The number of esters is 2. The zero-order chi connectivity index (χ0) is 32.6. The highest BCUT2D eigenvalue weighted by Crippen LogP contribution is 2.46. The van der Waals surface area contributed by atoms with E-state index in [1.165, 1.54) is 50.2 Å². The zero-order valence-electron chi connectivity index (χ0n) is 23.9. The van der Waals surface area contributed by atoms with Gasteiger partial charge in [-0.05, 0) is 13.8 Å². The van der Waals surface area contributed by atoms with E-state index in [0.29, 0.717) is 14.2 Å². The molecule has 2 saturated heterocycles. The van der Waals surface area contributed by atoms with E-state index in [1.54, 1.807) is 0 Å². The van der Waals surface area contributed by atoms with Crippen molar-refractivity contribution in [3.63, 3.8) is 0 Å². The van der Waals surface area contributed by atoms with Gasteiger partial charge in [0.1, 0.15) is 12.2 Å². The fourth-order valence-corrected chi connectivity index (χ4v) is 5.21. The van der Waals surface area contributed by atoms with Crippen molar-refractivity contribution in [2.75, 3.05) is 27.4 Å². The second-order valence-electron chi connectivity index (χ2n) is 10.5. The normalized spacial score (nSPS) is 26.4. The maximum absolute atomic E-state index is 14.6. The van der Waals surface area contributed by atoms with E-state index in [9.17, 15) is 35.9 Å². The standard InChI is InChI=1S/C29H30F6O9/c1-25(2)41-16-19-22(44-25)21(43-24(37)27(39-4,29(33,34)35)18-13-9-6-10-14-18)20(15-40-19)42-23(36)26(38-3,28(30,31)32)17-11-7-5-8-12-17/h5-14,19-22H,15-16H2,1-4H3/t19-,20+,21+,22-,26-,27-/m0/s1. The summed E-state index contributed by atoms with van der Waals surface area (Å²) in [5.41, 5.74) is -8.58. The minimum Gasteiger partial charge on any atom is -0.453 e. The second-order valence-corrected chi connectivity index (χ2v) is 10.5. The third kappa shape index (κ3) is 5.90. The van der Waals surface area contributed by atoms with Crippen LogP contribution < -0.4 is 0 Å². The largest absolute Gasteiger partial charge is 0.453 e. The van der Waals surface area contributed by atoms with Crippen molar-refractivity contribution in [1.29, 1.82) is 0 Å². The number of carbonyl (C=O) groups excluding carboxylic acids is 2. The average Bonchev–Trinajstić information content (AvgIpc) is 2.95. The molecule has 0 aliphatic carbocycles. The van der Waals surface area contributed by atoms with Crippen molar-refractivity contribution in [2.24, 2.45) is 0 Å². The van der Waals surface area contributed by atoms with Crippen molar-refractivity contribution in [3.8, 4) is 0 Å². The zero-order valence-corrected chi connectivity index (χ0v) is 23.9. The van der Waals surface area contributed by atoms with Crippen LogP contribution in [0, 0.1) is 0 Å². The molecule has 44 heavy (non-hydrogen) atoms. The number of halogens is 6. The van der Waals surface area contributed by atoms with E-state index >= 15 is 0 Å². The molecule has 2 aromatic carbocycles. The Balaban J connectivity index is 1.77. The van der Waals surface area contributed by atoms with E-state index in [2.05, 4.69) is 0 Å². The van der Waals surface area contributed by atoms with E-state index in [1.807, 2.05) is 0 Å². The molecule has 2 aliphatic rings. The van der Waals surface area contributed by atoms with Crippen LogP contribution in [0.3, 0.4) is 0 Å². The van der Waals surface area contributed by atoms with Gasteiger partial charge < -0.3 is 33.2 Å². The number of rotatable bonds is 8. The van der Waals surface area contributed by atoms with Gasteiger partial charge in [-0.3, -0.25) is 0 Å². The average molecular weight is 637 g/mol. The Bertz CT molecular complexity index is 1300. The van der Waals surface area contributed by atoms with E-state index in [-0.39, 0.29) is 6.61 Å². The lowest BCUT2D eigenvalue weighted by atomic mass is 9.91. The number of fused-ring (bicyclic) bond motifs is 1. The number of ether oxygens (including phenoxy) is 7. The lowest BCUT2D eigenvalue weighted by Gasteiger charge is -2.48. The topological polar surface area (TPSA) is 98.8 Å². The van der Waals surface area contributed by atoms with Gasteiger partial charge in [0.2, 0.25) is 0 Å². The molecular formula is C29H30F6O9. The molecule has 0 unspecified atom stereocenters. The van der Waals surface area contributed by atoms with Gasteiger partial charge in [-0.1, -0.05) is 60.7 Å². The lowest BCUT2D eigenvalue weighted by molar-refractivity contribution is -0.353. The molecule has 2 aliphatic heterocycles. The number of alkyl halides is 6. The molecule has 0 amide bonds. The molecule has 0 bridgehead atoms. The first kappa shape index (κ1) is 33.6. The Morgan fingerprint density at radius 1 is 0.750 bits per heavy atom. The van der Waals surface area contributed by atoms with Crippen LogP contribution in [-0.4, -0.2) is 81.9 Å². The first-order valence-electron chi connectivity index (χ1n) is 13.2. The molecule has 0 spiro atoms. The van der Waals surface area contributed by atoms with Crippen LogP contribution in [0.1, 0.15) is 25.0 Å². The molecule has 0 aromatic heterocycles. The van der Waals surface area contributed by atoms with E-state index < -0.39 is 83.4 Å². The Morgan fingerprint density at radius 3 is 1.64 bits per heavy atom. The van der Waals surface area contributed by atoms with Crippen LogP contribution in [0.4, 0.5) is 26.3 Å². The fraction of sp³-hybridized carbons (Fsp3) is 0.517. The minimum atomic E-state index is -5.37. The van der Waals surface area contributed by atoms with Crippen molar-refractivity contribution in [1.82, 2.24) is 0 Å². The predicted octanol–water partition coefficient (Wildman–Crippen LogP) is 4.57. The van der Waals surface area contributed by atoms with Gasteiger partial charge in [0.15, 0.2) is 18.0 Å². The van der Waals surface area contributed by atoms with Crippen molar-refractivity contribution in [2.45, 2.75) is 67.6 Å². The highest BCUT2D eigenvalue weighted by atomic mass is 19.4. The molecule has 0 radical (unpaired) electrons. The summed E-state index contributed by atoms with van der Waals surface area (Å²) in [6.45, 7) is 2.02. The summed E-state index contributed by atoms with van der Waals surface area (Å²) >= 11 is 0. The van der Waals surface area contributed by atoms with Gasteiger partial charge >= 0.3 is 24.3 Å². The van der Waals surface area contributed by atoms with Gasteiger partial charge in [-0.2, -0.15) is 26.3 Å². The molecular weight excluding hydrogens is 606 g/mol. The number of methoxy groups -OCH3 is 2. The van der Waals surface area contributed by atoms with Gasteiger partial charge in [-0.15, -0.1) is 0 Å². The Labute approximate surface area is 248 Å². The third-order valence-electron chi connectivity index (χ3n) is 7.39. The summed E-state index contributed by atoms with van der Waals surface area (Å²) in [5, 5.41) is 0. The Hall–Kier alpha value is -3.24. The van der Waals surface area contributed by atoms with Crippen LogP contribution in [-0.2, 0) is 53.9 Å². The van der Waals surface area contributed by atoms with Crippen molar-refractivity contribution in [3.05, 3.63) is 71.8 Å². The first-order chi connectivity index (χ1) is 20.5. The first-order valence-corrected chi connectivity index (χ1v) is 13.2. The predicted molar refractivity (Wildman–Crippen MR) is 137 cm³/mol. The van der Waals surface area contributed by atoms with Gasteiger partial charge in [-0.25, -0.2) is 9.59 Å². The summed E-state index contributed by atoms with van der Waals surface area (Å²) in [4.78, 5) is 27.0. The highest BCUT2D eigenvalue weighted by molar-refractivity contribution is 5.84. The minimum absolute atomic E-state index is 0.186. The fourth-order valence-electron chi connectivity index (χ4n) is 5.21. The lowest BCUT2D eigenvalue weighted by Crippen LogP contribution is -2.65. The highest BCUT2D eigenvalue weighted by Gasteiger charge is 2.67. The van der Waals surface area contributed by atoms with Crippen LogP contribution in [0.25, 0.3) is 0 Å². The number of benzene rings is 2. The number of hydrogen-bond donors (Lipinski definition) is 0. The Kier molecular flexibility index (Phi) is 9.39. The van der Waals surface area contributed by atoms with Crippen LogP contribution >= 0.6 is 0 Å². The monoisotopic (exact) mass is 636 g/mol.